The third-order valence-electron chi connectivity index (χ3n) is 2.24. The Kier molecular flexibility index (Phi) is 3.96. The number of nitrogens with one attached hydrogen (secondary N) is 2. The van der Waals surface area contributed by atoms with Crippen LogP contribution < -0.4 is 21.3 Å². The first-order valence-electron chi connectivity index (χ1n) is 5.12. The monoisotopic (exact) mass is 309 g/mol. The summed E-state index contributed by atoms with van der Waals surface area (Å²) in [6, 6.07) is 7.35. The number of hydrazine groups is 1. The van der Waals surface area contributed by atoms with Crippen molar-refractivity contribution in [1.29, 1.82) is 0 Å². The van der Waals surface area contributed by atoms with Crippen LogP contribution >= 0.6 is 15.9 Å². The number of halogens is 1. The van der Waals surface area contributed by atoms with Gasteiger partial charge in [-0.15, -0.1) is 0 Å². The molecule has 4 N–H and O–H groups in total. The molecule has 0 saturated carbocycles. The molecule has 0 bridgehead atoms. The minimum atomic E-state index is 0.529. The lowest BCUT2D eigenvalue weighted by molar-refractivity contribution is 0.416. The first-order chi connectivity index (χ1) is 8.72. The number of ether oxygens (including phenoxy) is 1. The average molecular weight is 310 g/mol. The van der Waals surface area contributed by atoms with Crippen molar-refractivity contribution in [3.05, 3.63) is 35.1 Å². The summed E-state index contributed by atoms with van der Waals surface area (Å²) in [4.78, 5) is 8.03. The van der Waals surface area contributed by atoms with Crippen LogP contribution in [0.15, 0.2) is 35.1 Å². The van der Waals surface area contributed by atoms with Crippen LogP contribution in [0.1, 0.15) is 0 Å². The molecule has 2 rings (SSSR count). The second-order valence-corrected chi connectivity index (χ2v) is 4.32. The second-order valence-electron chi connectivity index (χ2n) is 3.40. The third-order valence-corrected chi connectivity index (χ3v) is 2.73. The van der Waals surface area contributed by atoms with E-state index in [2.05, 4.69) is 36.6 Å². The number of benzene rings is 1. The van der Waals surface area contributed by atoms with E-state index in [9.17, 15) is 0 Å². The van der Waals surface area contributed by atoms with Gasteiger partial charge in [0, 0.05) is 10.5 Å². The van der Waals surface area contributed by atoms with Gasteiger partial charge in [0.05, 0.1) is 12.8 Å². The number of hydrogen-bond donors (Lipinski definition) is 3. The number of aromatic nitrogens is 2. The van der Waals surface area contributed by atoms with E-state index in [-0.39, 0.29) is 0 Å². The van der Waals surface area contributed by atoms with Gasteiger partial charge in [-0.05, 0) is 18.2 Å². The minimum absolute atomic E-state index is 0.529. The maximum atomic E-state index is 5.29. The van der Waals surface area contributed by atoms with Crippen molar-refractivity contribution in [3.63, 3.8) is 0 Å². The quantitative estimate of drug-likeness (QED) is 0.593. The molecule has 1 aromatic carbocycles. The Bertz CT molecular complexity index is 549. The van der Waals surface area contributed by atoms with Gasteiger partial charge in [-0.25, -0.2) is 15.8 Å². The molecule has 2 aromatic rings. The van der Waals surface area contributed by atoms with E-state index in [0.29, 0.717) is 11.6 Å². The van der Waals surface area contributed by atoms with E-state index < -0.39 is 0 Å². The lowest BCUT2D eigenvalue weighted by atomic mass is 10.3. The van der Waals surface area contributed by atoms with Crippen LogP contribution in [0.3, 0.4) is 0 Å². The highest BCUT2D eigenvalue weighted by Gasteiger charge is 2.05. The summed E-state index contributed by atoms with van der Waals surface area (Å²) in [5, 5.41) is 3.14. The van der Waals surface area contributed by atoms with Gasteiger partial charge in [0.2, 0.25) is 0 Å². The predicted octanol–water partition coefficient (Wildman–Crippen LogP) is 2.28. The number of hydrogen-bond acceptors (Lipinski definition) is 6. The normalized spacial score (nSPS) is 9.94. The Labute approximate surface area is 113 Å². The molecule has 0 aliphatic heterocycles. The molecule has 0 amide bonds. The van der Waals surface area contributed by atoms with Gasteiger partial charge >= 0.3 is 0 Å². The fraction of sp³-hybridized carbons (Fsp3) is 0.0909. The Hall–Kier alpha value is -1.86. The van der Waals surface area contributed by atoms with Crippen molar-refractivity contribution in [3.8, 4) is 5.75 Å². The Morgan fingerprint density at radius 1 is 1.22 bits per heavy atom. The van der Waals surface area contributed by atoms with Crippen LogP contribution in [0.2, 0.25) is 0 Å². The van der Waals surface area contributed by atoms with E-state index in [1.54, 1.807) is 13.2 Å². The topological polar surface area (TPSA) is 85.1 Å². The number of anilines is 3. The van der Waals surface area contributed by atoms with Crippen LogP contribution in [0, 0.1) is 0 Å². The number of nitrogens with two attached hydrogens (primary N) is 1. The molecule has 0 aliphatic carbocycles. The SMILES string of the molecule is COc1ccc(Br)cc1Nc1cc(NN)ncn1. The molecule has 0 saturated heterocycles. The fourth-order valence-corrected chi connectivity index (χ4v) is 1.78. The van der Waals surface area contributed by atoms with E-state index in [1.807, 2.05) is 18.2 Å². The summed E-state index contributed by atoms with van der Waals surface area (Å²) in [5.41, 5.74) is 3.26. The molecule has 0 fully saturated rings. The molecule has 1 heterocycles. The summed E-state index contributed by atoms with van der Waals surface area (Å²) in [7, 11) is 1.61. The molecular formula is C11H12BrN5O. The van der Waals surface area contributed by atoms with Gasteiger partial charge in [-0.3, -0.25) is 0 Å². The van der Waals surface area contributed by atoms with E-state index in [0.717, 1.165) is 15.9 Å². The predicted molar refractivity (Wildman–Crippen MR) is 73.8 cm³/mol. The van der Waals surface area contributed by atoms with Crippen LogP contribution in [0.5, 0.6) is 5.75 Å². The Balaban J connectivity index is 2.29. The largest absolute Gasteiger partial charge is 0.495 e. The van der Waals surface area contributed by atoms with Crippen LogP contribution in [-0.4, -0.2) is 17.1 Å². The van der Waals surface area contributed by atoms with Gasteiger partial charge in [0.25, 0.3) is 0 Å². The molecular weight excluding hydrogens is 298 g/mol. The summed E-state index contributed by atoms with van der Waals surface area (Å²) in [5.74, 6) is 7.16. The van der Waals surface area contributed by atoms with Gasteiger partial charge < -0.3 is 15.5 Å². The number of nitrogen functional groups attached to an aromatic ring is 1. The molecule has 0 aliphatic rings. The van der Waals surface area contributed by atoms with Gasteiger partial charge in [-0.1, -0.05) is 15.9 Å². The molecule has 7 heteroatoms. The van der Waals surface area contributed by atoms with Crippen LogP contribution in [0.4, 0.5) is 17.3 Å². The highest BCUT2D eigenvalue weighted by molar-refractivity contribution is 9.10. The Morgan fingerprint density at radius 2 is 2.00 bits per heavy atom. The molecule has 1 aromatic heterocycles. The maximum Gasteiger partial charge on any atom is 0.145 e. The van der Waals surface area contributed by atoms with Crippen LogP contribution in [-0.2, 0) is 0 Å². The number of rotatable bonds is 4. The third kappa shape index (κ3) is 2.88. The van der Waals surface area contributed by atoms with Gasteiger partial charge in [0.1, 0.15) is 23.7 Å². The smallest absolute Gasteiger partial charge is 0.145 e. The number of methoxy groups -OCH3 is 1. The standard InChI is InChI=1S/C11H12BrN5O/c1-18-9-3-2-7(12)4-8(9)16-10-5-11(17-13)15-6-14-10/h2-6H,13H2,1H3,(H2,14,15,16,17). The van der Waals surface area contributed by atoms with Gasteiger partial charge in [-0.2, -0.15) is 0 Å². The van der Waals surface area contributed by atoms with E-state index in [4.69, 9.17) is 10.6 Å². The lowest BCUT2D eigenvalue weighted by Crippen LogP contribution is -2.09. The van der Waals surface area contributed by atoms with Crippen molar-refractivity contribution >= 4 is 33.3 Å². The summed E-state index contributed by atoms with van der Waals surface area (Å²) >= 11 is 3.41. The van der Waals surface area contributed by atoms with E-state index >= 15 is 0 Å². The number of nitrogens with zero attached hydrogens (tertiary/aromatic N) is 2. The molecule has 0 spiro atoms. The molecule has 94 valence electrons. The summed E-state index contributed by atoms with van der Waals surface area (Å²) < 4.78 is 6.20. The highest BCUT2D eigenvalue weighted by Crippen LogP contribution is 2.30. The maximum absolute atomic E-state index is 5.29. The fourth-order valence-electron chi connectivity index (χ4n) is 1.42. The average Bonchev–Trinajstić information content (AvgIpc) is 2.39. The Morgan fingerprint density at radius 3 is 2.72 bits per heavy atom. The lowest BCUT2D eigenvalue weighted by Gasteiger charge is -2.11. The van der Waals surface area contributed by atoms with Gasteiger partial charge in [0.15, 0.2) is 0 Å². The zero-order chi connectivity index (χ0) is 13.0. The van der Waals surface area contributed by atoms with Crippen molar-refractivity contribution in [2.75, 3.05) is 17.9 Å². The zero-order valence-corrected chi connectivity index (χ0v) is 11.2. The summed E-state index contributed by atoms with van der Waals surface area (Å²) in [6.07, 6.45) is 1.42. The second kappa shape index (κ2) is 5.65. The van der Waals surface area contributed by atoms with Crippen molar-refractivity contribution in [2.24, 2.45) is 5.84 Å². The minimum Gasteiger partial charge on any atom is -0.495 e. The van der Waals surface area contributed by atoms with Crippen molar-refractivity contribution in [1.82, 2.24) is 9.97 Å². The molecule has 0 atom stereocenters. The highest BCUT2D eigenvalue weighted by atomic mass is 79.9. The molecule has 0 radical (unpaired) electrons. The van der Waals surface area contributed by atoms with E-state index in [1.165, 1.54) is 6.33 Å². The van der Waals surface area contributed by atoms with Crippen LogP contribution in [0.25, 0.3) is 0 Å². The van der Waals surface area contributed by atoms with Crippen molar-refractivity contribution < 1.29 is 4.74 Å². The molecule has 18 heavy (non-hydrogen) atoms. The first-order valence-corrected chi connectivity index (χ1v) is 5.91. The molecule has 6 nitrogen and oxygen atoms in total. The van der Waals surface area contributed by atoms with Crippen molar-refractivity contribution in [2.45, 2.75) is 0 Å². The molecule has 0 unspecified atom stereocenters. The zero-order valence-electron chi connectivity index (χ0n) is 9.64. The first kappa shape index (κ1) is 12.6. The summed E-state index contributed by atoms with van der Waals surface area (Å²) in [6.45, 7) is 0.